The van der Waals surface area contributed by atoms with Crippen molar-refractivity contribution in [1.29, 1.82) is 0 Å². The normalized spacial score (nSPS) is 10.5. The molecule has 2 N–H and O–H groups in total. The summed E-state index contributed by atoms with van der Waals surface area (Å²) in [5.74, 6) is -0.830. The van der Waals surface area contributed by atoms with E-state index in [-0.39, 0.29) is 11.5 Å². The van der Waals surface area contributed by atoms with Crippen LogP contribution in [0.25, 0.3) is 0 Å². The lowest BCUT2D eigenvalue weighted by Gasteiger charge is -2.25. The molecule has 0 aliphatic heterocycles. The van der Waals surface area contributed by atoms with Gasteiger partial charge in [-0.15, -0.1) is 0 Å². The van der Waals surface area contributed by atoms with Gasteiger partial charge in [0.15, 0.2) is 0 Å². The number of carbonyl (C=O) groups is 2. The Morgan fingerprint density at radius 3 is 2.50 bits per heavy atom. The summed E-state index contributed by atoms with van der Waals surface area (Å²) >= 11 is 5.96. The Hall–Kier alpha value is -2.37. The molecule has 0 saturated heterocycles. The molecule has 0 aliphatic carbocycles. The first-order valence-corrected chi connectivity index (χ1v) is 7.79. The second kappa shape index (κ2) is 7.95. The van der Waals surface area contributed by atoms with Crippen molar-refractivity contribution in [3.05, 3.63) is 64.2 Å². The number of aryl methyl sites for hydroxylation is 1. The van der Waals surface area contributed by atoms with Crippen molar-refractivity contribution in [2.24, 2.45) is 5.73 Å². The van der Waals surface area contributed by atoms with E-state index < -0.39 is 5.91 Å². The number of halogens is 1. The van der Waals surface area contributed by atoms with Crippen LogP contribution in [0.15, 0.2) is 42.5 Å². The minimum atomic E-state index is -0.589. The van der Waals surface area contributed by atoms with Crippen LogP contribution in [0.3, 0.4) is 0 Å². The summed E-state index contributed by atoms with van der Waals surface area (Å²) < 4.78 is 5.10. The molecule has 0 atom stereocenters. The van der Waals surface area contributed by atoms with Crippen LogP contribution in [0.1, 0.15) is 26.3 Å². The van der Waals surface area contributed by atoms with Gasteiger partial charge in [0.2, 0.25) is 0 Å². The summed E-state index contributed by atoms with van der Waals surface area (Å²) in [7, 11) is 1.55. The minimum Gasteiger partial charge on any atom is -0.383 e. The van der Waals surface area contributed by atoms with Gasteiger partial charge in [-0.2, -0.15) is 0 Å². The van der Waals surface area contributed by atoms with Crippen LogP contribution in [0.4, 0.5) is 5.69 Å². The largest absolute Gasteiger partial charge is 0.383 e. The average molecular weight is 347 g/mol. The van der Waals surface area contributed by atoms with Gasteiger partial charge in [-0.1, -0.05) is 23.7 Å². The highest BCUT2D eigenvalue weighted by Gasteiger charge is 2.23. The van der Waals surface area contributed by atoms with Crippen molar-refractivity contribution in [1.82, 2.24) is 0 Å². The van der Waals surface area contributed by atoms with Crippen molar-refractivity contribution < 1.29 is 14.3 Å². The summed E-state index contributed by atoms with van der Waals surface area (Å²) in [5, 5.41) is 0.560. The molecule has 6 heteroatoms. The van der Waals surface area contributed by atoms with Crippen LogP contribution in [-0.2, 0) is 4.74 Å². The molecule has 2 aromatic rings. The van der Waals surface area contributed by atoms with Gasteiger partial charge < -0.3 is 15.4 Å². The van der Waals surface area contributed by atoms with Crippen molar-refractivity contribution in [3.8, 4) is 0 Å². The Bertz CT molecular complexity index is 762. The molecule has 0 fully saturated rings. The lowest BCUT2D eigenvalue weighted by molar-refractivity contribution is 0.0975. The fraction of sp³-hybridized carbons (Fsp3) is 0.222. The van der Waals surface area contributed by atoms with Crippen LogP contribution >= 0.6 is 11.6 Å². The number of hydrogen-bond acceptors (Lipinski definition) is 3. The molecule has 0 bridgehead atoms. The van der Waals surface area contributed by atoms with Gasteiger partial charge in [0, 0.05) is 24.2 Å². The molecule has 126 valence electrons. The van der Waals surface area contributed by atoms with E-state index in [1.54, 1.807) is 49.6 Å². The summed E-state index contributed by atoms with van der Waals surface area (Å²) in [6.07, 6.45) is 0. The maximum atomic E-state index is 13.0. The molecule has 0 spiro atoms. The maximum Gasteiger partial charge on any atom is 0.258 e. The highest BCUT2D eigenvalue weighted by atomic mass is 35.5. The smallest absolute Gasteiger partial charge is 0.258 e. The quantitative estimate of drug-likeness (QED) is 0.873. The first-order chi connectivity index (χ1) is 11.5. The number of carbonyl (C=O) groups excluding carboxylic acids is 2. The average Bonchev–Trinajstić information content (AvgIpc) is 2.55. The Balaban J connectivity index is 2.49. The minimum absolute atomic E-state index is 0.241. The first kappa shape index (κ1) is 18.0. The molecule has 24 heavy (non-hydrogen) atoms. The number of methoxy groups -OCH3 is 1. The lowest BCUT2D eigenvalue weighted by atomic mass is 10.1. The number of nitrogens with zero attached hydrogens (tertiary/aromatic N) is 1. The van der Waals surface area contributed by atoms with E-state index in [9.17, 15) is 9.59 Å². The van der Waals surface area contributed by atoms with Gasteiger partial charge in [0.25, 0.3) is 11.8 Å². The third-order valence-corrected chi connectivity index (χ3v) is 3.88. The molecule has 2 amide bonds. The monoisotopic (exact) mass is 346 g/mol. The van der Waals surface area contributed by atoms with Crippen LogP contribution < -0.4 is 10.6 Å². The number of primary amides is 1. The molecule has 0 aromatic heterocycles. The summed E-state index contributed by atoms with van der Waals surface area (Å²) in [5.41, 5.74) is 7.45. The summed E-state index contributed by atoms with van der Waals surface area (Å²) in [6, 6.07) is 11.8. The van der Waals surface area contributed by atoms with E-state index in [4.69, 9.17) is 22.1 Å². The van der Waals surface area contributed by atoms with E-state index in [0.29, 0.717) is 29.4 Å². The predicted octanol–water partition coefficient (Wildman–Crippen LogP) is 3.04. The highest BCUT2D eigenvalue weighted by Crippen LogP contribution is 2.24. The Kier molecular flexibility index (Phi) is 5.95. The van der Waals surface area contributed by atoms with E-state index in [2.05, 4.69) is 0 Å². The van der Waals surface area contributed by atoms with Crippen molar-refractivity contribution in [2.45, 2.75) is 6.92 Å². The van der Waals surface area contributed by atoms with E-state index in [1.165, 1.54) is 4.90 Å². The second-order valence-electron chi connectivity index (χ2n) is 5.29. The summed E-state index contributed by atoms with van der Waals surface area (Å²) in [4.78, 5) is 26.2. The number of ether oxygens (including phenoxy) is 1. The third kappa shape index (κ3) is 3.93. The summed E-state index contributed by atoms with van der Waals surface area (Å²) in [6.45, 7) is 2.43. The number of amides is 2. The van der Waals surface area contributed by atoms with Crippen LogP contribution in [-0.4, -0.2) is 32.1 Å². The number of benzene rings is 2. The fourth-order valence-electron chi connectivity index (χ4n) is 2.44. The molecule has 2 rings (SSSR count). The van der Waals surface area contributed by atoms with Gasteiger partial charge in [-0.3, -0.25) is 9.59 Å². The third-order valence-electron chi connectivity index (χ3n) is 3.64. The number of anilines is 1. The zero-order valence-electron chi connectivity index (χ0n) is 13.6. The van der Waals surface area contributed by atoms with Crippen molar-refractivity contribution in [2.75, 3.05) is 25.2 Å². The SMILES string of the molecule is COCCN(C(=O)c1ccc(Cl)cc1C)c1ccccc1C(N)=O. The number of rotatable bonds is 6. The number of para-hydroxylation sites is 1. The molecular formula is C18H19ClN2O3. The van der Waals surface area contributed by atoms with Gasteiger partial charge in [-0.25, -0.2) is 0 Å². The molecule has 0 radical (unpaired) electrons. The molecular weight excluding hydrogens is 328 g/mol. The van der Waals surface area contributed by atoms with Crippen molar-refractivity contribution >= 4 is 29.1 Å². The maximum absolute atomic E-state index is 13.0. The number of hydrogen-bond donors (Lipinski definition) is 1. The predicted molar refractivity (Wildman–Crippen MR) is 94.7 cm³/mol. The topological polar surface area (TPSA) is 72.6 Å². The molecule has 0 unspecified atom stereocenters. The lowest BCUT2D eigenvalue weighted by Crippen LogP contribution is -2.36. The van der Waals surface area contributed by atoms with Gasteiger partial charge >= 0.3 is 0 Å². The van der Waals surface area contributed by atoms with E-state index in [0.717, 1.165) is 5.56 Å². The molecule has 0 saturated carbocycles. The Morgan fingerprint density at radius 1 is 1.17 bits per heavy atom. The van der Waals surface area contributed by atoms with Crippen LogP contribution in [0.5, 0.6) is 0 Å². The van der Waals surface area contributed by atoms with E-state index >= 15 is 0 Å². The van der Waals surface area contributed by atoms with Crippen LogP contribution in [0, 0.1) is 6.92 Å². The zero-order valence-corrected chi connectivity index (χ0v) is 14.3. The molecule has 2 aromatic carbocycles. The molecule has 5 nitrogen and oxygen atoms in total. The highest BCUT2D eigenvalue weighted by molar-refractivity contribution is 6.30. The zero-order chi connectivity index (χ0) is 17.7. The second-order valence-corrected chi connectivity index (χ2v) is 5.73. The molecule has 0 aliphatic rings. The Morgan fingerprint density at radius 2 is 1.88 bits per heavy atom. The van der Waals surface area contributed by atoms with E-state index in [1.807, 2.05) is 6.92 Å². The van der Waals surface area contributed by atoms with Gasteiger partial charge in [0.05, 0.1) is 17.9 Å². The van der Waals surface area contributed by atoms with Gasteiger partial charge in [-0.05, 0) is 42.8 Å². The number of nitrogens with two attached hydrogens (primary N) is 1. The Labute approximate surface area is 146 Å². The standard InChI is InChI=1S/C18H19ClN2O3/c1-12-11-13(19)7-8-14(12)18(23)21(9-10-24-2)16-6-4-3-5-15(16)17(20)22/h3-8,11H,9-10H2,1-2H3,(H2,20,22). The van der Waals surface area contributed by atoms with Crippen molar-refractivity contribution in [3.63, 3.8) is 0 Å². The first-order valence-electron chi connectivity index (χ1n) is 7.41. The van der Waals surface area contributed by atoms with Crippen LogP contribution in [0.2, 0.25) is 5.02 Å². The molecule has 0 heterocycles. The fourth-order valence-corrected chi connectivity index (χ4v) is 2.67. The van der Waals surface area contributed by atoms with Gasteiger partial charge in [0.1, 0.15) is 0 Å².